The maximum absolute atomic E-state index is 12.8. The van der Waals surface area contributed by atoms with Crippen molar-refractivity contribution in [2.75, 3.05) is 23.3 Å². The first-order valence-corrected chi connectivity index (χ1v) is 12.4. The number of para-hydroxylation sites is 1. The quantitative estimate of drug-likeness (QED) is 0.461. The number of carbonyl (C=O) groups excluding carboxylic acids is 3. The van der Waals surface area contributed by atoms with Crippen molar-refractivity contribution in [3.63, 3.8) is 0 Å². The minimum Gasteiger partial charge on any atom is -0.338 e. The van der Waals surface area contributed by atoms with Gasteiger partial charge in [0.25, 0.3) is 0 Å². The summed E-state index contributed by atoms with van der Waals surface area (Å²) in [4.78, 5) is 40.7. The number of benzene rings is 3. The standard InChI is InChI=1S/C29H32N4O3/c1-2-33(26-10-4-3-5-11-26)28(35)19-22-13-15-25(16-14-22)31-29(36)30-20-23-8-6-9-24(18-23)21-32-17-7-12-27(32)34/h3-6,8-11,13-16,18H,2,7,12,17,19-21H2,1H3,(H2,30,31,36). The number of hydrogen-bond donors (Lipinski definition) is 2. The van der Waals surface area contributed by atoms with E-state index in [0.29, 0.717) is 31.7 Å². The summed E-state index contributed by atoms with van der Waals surface area (Å²) in [5.41, 5.74) is 4.45. The maximum atomic E-state index is 12.8. The second-order valence-electron chi connectivity index (χ2n) is 8.89. The average Bonchev–Trinajstić information content (AvgIpc) is 3.29. The Morgan fingerprint density at radius 3 is 2.36 bits per heavy atom. The molecule has 7 nitrogen and oxygen atoms in total. The van der Waals surface area contributed by atoms with Crippen molar-refractivity contribution in [2.24, 2.45) is 0 Å². The largest absolute Gasteiger partial charge is 0.338 e. The number of nitrogens with one attached hydrogen (secondary N) is 2. The van der Waals surface area contributed by atoms with E-state index in [1.54, 1.807) is 17.0 Å². The number of rotatable bonds is 9. The van der Waals surface area contributed by atoms with Gasteiger partial charge in [0.2, 0.25) is 11.8 Å². The molecule has 186 valence electrons. The molecule has 0 unspecified atom stereocenters. The fourth-order valence-electron chi connectivity index (χ4n) is 4.37. The van der Waals surface area contributed by atoms with Crippen molar-refractivity contribution in [1.82, 2.24) is 10.2 Å². The fraction of sp³-hybridized carbons (Fsp3) is 0.276. The van der Waals surface area contributed by atoms with Gasteiger partial charge in [-0.2, -0.15) is 0 Å². The van der Waals surface area contributed by atoms with E-state index < -0.39 is 0 Å². The van der Waals surface area contributed by atoms with Crippen molar-refractivity contribution in [2.45, 2.75) is 39.3 Å². The SMILES string of the molecule is CCN(C(=O)Cc1ccc(NC(=O)NCc2cccc(CN3CCCC3=O)c2)cc1)c1ccccc1. The minimum absolute atomic E-state index is 0.0264. The summed E-state index contributed by atoms with van der Waals surface area (Å²) >= 11 is 0. The van der Waals surface area contributed by atoms with Gasteiger partial charge in [0.15, 0.2) is 0 Å². The molecule has 1 aliphatic rings. The zero-order valence-corrected chi connectivity index (χ0v) is 20.6. The van der Waals surface area contributed by atoms with Crippen molar-refractivity contribution in [3.05, 3.63) is 95.6 Å². The van der Waals surface area contributed by atoms with Gasteiger partial charge >= 0.3 is 6.03 Å². The normalized spacial score (nSPS) is 12.9. The molecule has 0 radical (unpaired) electrons. The smallest absolute Gasteiger partial charge is 0.319 e. The Bertz CT molecular complexity index is 1190. The van der Waals surface area contributed by atoms with Crippen LogP contribution in [0.4, 0.5) is 16.2 Å². The summed E-state index contributed by atoms with van der Waals surface area (Å²) < 4.78 is 0. The van der Waals surface area contributed by atoms with Crippen LogP contribution in [0, 0.1) is 0 Å². The van der Waals surface area contributed by atoms with Crippen LogP contribution in [-0.4, -0.2) is 35.8 Å². The van der Waals surface area contributed by atoms with Gasteiger partial charge in [-0.05, 0) is 54.3 Å². The van der Waals surface area contributed by atoms with Gasteiger partial charge < -0.3 is 20.4 Å². The first kappa shape index (κ1) is 25.0. The highest BCUT2D eigenvalue weighted by atomic mass is 16.2. The van der Waals surface area contributed by atoms with Crippen molar-refractivity contribution < 1.29 is 14.4 Å². The van der Waals surface area contributed by atoms with Gasteiger partial charge in [0, 0.05) is 44.0 Å². The van der Waals surface area contributed by atoms with Gasteiger partial charge in [0.1, 0.15) is 0 Å². The molecule has 0 bridgehead atoms. The molecule has 4 rings (SSSR count). The lowest BCUT2D eigenvalue weighted by Crippen LogP contribution is -2.31. The molecular formula is C29H32N4O3. The molecule has 7 heteroatoms. The molecule has 2 N–H and O–H groups in total. The van der Waals surface area contributed by atoms with Crippen LogP contribution in [0.15, 0.2) is 78.9 Å². The van der Waals surface area contributed by atoms with E-state index in [4.69, 9.17) is 0 Å². The van der Waals surface area contributed by atoms with Gasteiger partial charge in [-0.1, -0.05) is 54.6 Å². The summed E-state index contributed by atoms with van der Waals surface area (Å²) in [5.74, 6) is 0.227. The van der Waals surface area contributed by atoms with Crippen LogP contribution >= 0.6 is 0 Å². The lowest BCUT2D eigenvalue weighted by atomic mass is 10.1. The van der Waals surface area contributed by atoms with E-state index in [-0.39, 0.29) is 24.3 Å². The zero-order valence-electron chi connectivity index (χ0n) is 20.6. The number of carbonyl (C=O) groups is 3. The number of likely N-dealkylation sites (tertiary alicyclic amines) is 1. The van der Waals surface area contributed by atoms with Crippen LogP contribution in [0.25, 0.3) is 0 Å². The summed E-state index contributed by atoms with van der Waals surface area (Å²) in [6.07, 6.45) is 1.83. The second-order valence-corrected chi connectivity index (χ2v) is 8.89. The third-order valence-corrected chi connectivity index (χ3v) is 6.24. The Morgan fingerprint density at radius 2 is 1.67 bits per heavy atom. The summed E-state index contributed by atoms with van der Waals surface area (Å²) in [5, 5.41) is 5.71. The number of urea groups is 1. The Morgan fingerprint density at radius 1 is 0.917 bits per heavy atom. The van der Waals surface area contributed by atoms with Crippen LogP contribution in [0.1, 0.15) is 36.5 Å². The van der Waals surface area contributed by atoms with Gasteiger partial charge in [0.05, 0.1) is 6.42 Å². The third-order valence-electron chi connectivity index (χ3n) is 6.24. The monoisotopic (exact) mass is 484 g/mol. The predicted octanol–water partition coefficient (Wildman–Crippen LogP) is 4.73. The highest BCUT2D eigenvalue weighted by molar-refractivity contribution is 5.95. The summed E-state index contributed by atoms with van der Waals surface area (Å²) in [6, 6.07) is 24.6. The van der Waals surface area contributed by atoms with Crippen molar-refractivity contribution in [1.29, 1.82) is 0 Å². The van der Waals surface area contributed by atoms with Crippen LogP contribution in [-0.2, 0) is 29.1 Å². The number of anilines is 2. The highest BCUT2D eigenvalue weighted by Gasteiger charge is 2.20. The Labute approximate surface area is 212 Å². The molecule has 1 heterocycles. The molecule has 1 aliphatic heterocycles. The van der Waals surface area contributed by atoms with Crippen LogP contribution in [0.2, 0.25) is 0 Å². The zero-order chi connectivity index (χ0) is 25.3. The van der Waals surface area contributed by atoms with Crippen molar-refractivity contribution >= 4 is 29.2 Å². The van der Waals surface area contributed by atoms with Gasteiger partial charge in [-0.15, -0.1) is 0 Å². The second kappa shape index (κ2) is 12.0. The molecule has 0 saturated carbocycles. The molecule has 0 aliphatic carbocycles. The maximum Gasteiger partial charge on any atom is 0.319 e. The minimum atomic E-state index is -0.305. The fourth-order valence-corrected chi connectivity index (χ4v) is 4.37. The van der Waals surface area contributed by atoms with E-state index in [0.717, 1.165) is 35.3 Å². The molecule has 1 saturated heterocycles. The van der Waals surface area contributed by atoms with Crippen LogP contribution in [0.3, 0.4) is 0 Å². The number of nitrogens with zero attached hydrogens (tertiary/aromatic N) is 2. The molecule has 0 aromatic heterocycles. The average molecular weight is 485 g/mol. The molecular weight excluding hydrogens is 452 g/mol. The van der Waals surface area contributed by atoms with Crippen molar-refractivity contribution in [3.8, 4) is 0 Å². The van der Waals surface area contributed by atoms with Gasteiger partial charge in [-0.25, -0.2) is 4.79 Å². The van der Waals surface area contributed by atoms with Crippen LogP contribution < -0.4 is 15.5 Å². The molecule has 36 heavy (non-hydrogen) atoms. The van der Waals surface area contributed by atoms with E-state index in [2.05, 4.69) is 10.6 Å². The number of likely N-dealkylation sites (N-methyl/N-ethyl adjacent to an activating group) is 1. The molecule has 0 spiro atoms. The molecule has 0 atom stereocenters. The van der Waals surface area contributed by atoms with E-state index in [9.17, 15) is 14.4 Å². The van der Waals surface area contributed by atoms with E-state index >= 15 is 0 Å². The lowest BCUT2D eigenvalue weighted by Gasteiger charge is -2.21. The summed E-state index contributed by atoms with van der Waals surface area (Å²) in [7, 11) is 0. The lowest BCUT2D eigenvalue weighted by molar-refractivity contribution is -0.128. The molecule has 4 amide bonds. The van der Waals surface area contributed by atoms with E-state index in [1.165, 1.54) is 0 Å². The highest BCUT2D eigenvalue weighted by Crippen LogP contribution is 2.17. The number of hydrogen-bond acceptors (Lipinski definition) is 3. The summed E-state index contributed by atoms with van der Waals surface area (Å²) in [6.45, 7) is 4.35. The van der Waals surface area contributed by atoms with E-state index in [1.807, 2.05) is 78.6 Å². The van der Waals surface area contributed by atoms with Gasteiger partial charge in [-0.3, -0.25) is 9.59 Å². The Balaban J connectivity index is 1.26. The first-order valence-electron chi connectivity index (χ1n) is 12.4. The molecule has 1 fully saturated rings. The topological polar surface area (TPSA) is 81.8 Å². The molecule has 3 aromatic carbocycles. The Hall–Kier alpha value is -4.13. The third kappa shape index (κ3) is 6.72. The number of amides is 4. The predicted molar refractivity (Wildman–Crippen MR) is 142 cm³/mol. The van der Waals surface area contributed by atoms with Crippen LogP contribution in [0.5, 0.6) is 0 Å². The molecule has 3 aromatic rings. The Kier molecular flexibility index (Phi) is 8.34. The first-order chi connectivity index (χ1) is 17.5.